The van der Waals surface area contributed by atoms with Crippen LogP contribution in [0.1, 0.15) is 21.7 Å². The van der Waals surface area contributed by atoms with Crippen LogP contribution in [-0.4, -0.2) is 32.8 Å². The minimum atomic E-state index is -0.196. The maximum Gasteiger partial charge on any atom is 0.280 e. The van der Waals surface area contributed by atoms with Crippen molar-refractivity contribution in [2.45, 2.75) is 13.5 Å². The van der Waals surface area contributed by atoms with Crippen molar-refractivity contribution in [1.29, 1.82) is 0 Å². The van der Waals surface area contributed by atoms with Gasteiger partial charge >= 0.3 is 0 Å². The Bertz CT molecular complexity index is 1120. The minimum Gasteiger partial charge on any atom is -0.497 e. The Balaban J connectivity index is 1.76. The molecule has 0 saturated heterocycles. The fourth-order valence-corrected chi connectivity index (χ4v) is 3.83. The number of anilines is 1. The Hall–Kier alpha value is -3.26. The lowest BCUT2D eigenvalue weighted by molar-refractivity contribution is 0.0979. The van der Waals surface area contributed by atoms with Gasteiger partial charge in [0.1, 0.15) is 5.75 Å². The number of hydrogen-bond donors (Lipinski definition) is 0. The first-order chi connectivity index (χ1) is 13.5. The van der Waals surface area contributed by atoms with Gasteiger partial charge in [0.2, 0.25) is 0 Å². The van der Waals surface area contributed by atoms with Crippen LogP contribution in [0, 0.1) is 6.92 Å². The van der Waals surface area contributed by atoms with Gasteiger partial charge in [0.05, 0.1) is 23.9 Å². The molecule has 0 aliphatic rings. The summed E-state index contributed by atoms with van der Waals surface area (Å²) in [6.07, 6.45) is 3.46. The first kappa shape index (κ1) is 18.1. The summed E-state index contributed by atoms with van der Waals surface area (Å²) in [4.78, 5) is 23.8. The lowest BCUT2D eigenvalue weighted by Gasteiger charge is -2.18. The SMILES string of the molecule is COc1ccc2nc(N(Cc3cccnc3)C(=O)c3cc(C)n(C)n3)sc2c1. The molecule has 4 rings (SSSR count). The third kappa shape index (κ3) is 3.46. The number of carbonyl (C=O) groups excluding carboxylic acids is 1. The second-order valence-corrected chi connectivity index (χ2v) is 7.39. The molecule has 0 aliphatic heterocycles. The molecule has 0 bridgehead atoms. The summed E-state index contributed by atoms with van der Waals surface area (Å²) in [7, 11) is 3.45. The molecule has 1 amide bonds. The minimum absolute atomic E-state index is 0.196. The molecular weight excluding hydrogens is 374 g/mol. The molecule has 0 radical (unpaired) electrons. The molecule has 0 N–H and O–H groups in total. The number of methoxy groups -OCH3 is 1. The number of ether oxygens (including phenoxy) is 1. The number of thiazole rings is 1. The first-order valence-corrected chi connectivity index (χ1v) is 9.53. The largest absolute Gasteiger partial charge is 0.497 e. The van der Waals surface area contributed by atoms with Gasteiger partial charge in [-0.1, -0.05) is 17.4 Å². The zero-order valence-electron chi connectivity index (χ0n) is 15.8. The lowest BCUT2D eigenvalue weighted by Crippen LogP contribution is -2.30. The fourth-order valence-electron chi connectivity index (χ4n) is 2.84. The Kier molecular flexibility index (Phi) is 4.79. The molecule has 0 fully saturated rings. The van der Waals surface area contributed by atoms with Crippen molar-refractivity contribution >= 4 is 32.6 Å². The maximum atomic E-state index is 13.3. The highest BCUT2D eigenvalue weighted by Crippen LogP contribution is 2.33. The average molecular weight is 393 g/mol. The Morgan fingerprint density at radius 3 is 2.82 bits per heavy atom. The second kappa shape index (κ2) is 7.40. The van der Waals surface area contributed by atoms with E-state index in [1.807, 2.05) is 44.3 Å². The van der Waals surface area contributed by atoms with E-state index >= 15 is 0 Å². The van der Waals surface area contributed by atoms with Gasteiger partial charge in [0.25, 0.3) is 5.91 Å². The molecular formula is C20H19N5O2S. The molecule has 142 valence electrons. The number of fused-ring (bicyclic) bond motifs is 1. The lowest BCUT2D eigenvalue weighted by atomic mass is 10.2. The predicted octanol–water partition coefficient (Wildman–Crippen LogP) is 3.59. The summed E-state index contributed by atoms with van der Waals surface area (Å²) in [5.74, 6) is 0.562. The molecule has 0 atom stereocenters. The standard InChI is InChI=1S/C20H19N5O2S/c1-13-9-17(23-24(13)2)19(26)25(12-14-5-4-8-21-11-14)20-22-16-7-6-15(27-3)10-18(16)28-20/h4-11H,12H2,1-3H3. The van der Waals surface area contributed by atoms with Crippen molar-refractivity contribution in [3.8, 4) is 5.75 Å². The molecule has 0 saturated carbocycles. The molecule has 0 aliphatic carbocycles. The third-order valence-electron chi connectivity index (χ3n) is 4.46. The smallest absolute Gasteiger partial charge is 0.280 e. The van der Waals surface area contributed by atoms with Crippen LogP contribution < -0.4 is 9.64 Å². The van der Waals surface area contributed by atoms with E-state index in [2.05, 4.69) is 15.1 Å². The number of rotatable bonds is 5. The number of aromatic nitrogens is 4. The molecule has 0 unspecified atom stereocenters. The quantitative estimate of drug-likeness (QED) is 0.518. The van der Waals surface area contributed by atoms with Crippen LogP contribution in [0.3, 0.4) is 0 Å². The summed E-state index contributed by atoms with van der Waals surface area (Å²) < 4.78 is 7.95. The van der Waals surface area contributed by atoms with Crippen LogP contribution in [0.5, 0.6) is 5.75 Å². The highest BCUT2D eigenvalue weighted by Gasteiger charge is 2.24. The van der Waals surface area contributed by atoms with Crippen molar-refractivity contribution in [2.75, 3.05) is 12.0 Å². The van der Waals surface area contributed by atoms with Crippen molar-refractivity contribution in [3.63, 3.8) is 0 Å². The Morgan fingerprint density at radius 1 is 1.29 bits per heavy atom. The van der Waals surface area contributed by atoms with Crippen molar-refractivity contribution in [3.05, 3.63) is 65.7 Å². The number of hydrogen-bond acceptors (Lipinski definition) is 6. The first-order valence-electron chi connectivity index (χ1n) is 8.71. The van der Waals surface area contributed by atoms with Gasteiger partial charge in [-0.25, -0.2) is 4.98 Å². The molecule has 4 aromatic rings. The van der Waals surface area contributed by atoms with E-state index in [0.29, 0.717) is 17.4 Å². The van der Waals surface area contributed by atoms with Gasteiger partial charge in [-0.05, 0) is 42.8 Å². The predicted molar refractivity (Wildman–Crippen MR) is 109 cm³/mol. The van der Waals surface area contributed by atoms with Crippen LogP contribution in [0.25, 0.3) is 10.2 Å². The number of nitrogens with zero attached hydrogens (tertiary/aromatic N) is 5. The van der Waals surface area contributed by atoms with Crippen molar-refractivity contribution in [1.82, 2.24) is 19.7 Å². The van der Waals surface area contributed by atoms with Gasteiger partial charge in [-0.3, -0.25) is 19.4 Å². The Morgan fingerprint density at radius 2 is 2.14 bits per heavy atom. The molecule has 7 nitrogen and oxygen atoms in total. The van der Waals surface area contributed by atoms with Crippen LogP contribution >= 0.6 is 11.3 Å². The van der Waals surface area contributed by atoms with Crippen LogP contribution in [-0.2, 0) is 13.6 Å². The Labute approximate surface area is 166 Å². The van der Waals surface area contributed by atoms with Crippen LogP contribution in [0.15, 0.2) is 48.8 Å². The molecule has 28 heavy (non-hydrogen) atoms. The van der Waals surface area contributed by atoms with Crippen molar-refractivity contribution in [2.24, 2.45) is 7.05 Å². The summed E-state index contributed by atoms with van der Waals surface area (Å²) in [6.45, 7) is 2.28. The van der Waals surface area contributed by atoms with E-state index in [-0.39, 0.29) is 5.91 Å². The zero-order chi connectivity index (χ0) is 19.7. The van der Waals surface area contributed by atoms with Gasteiger partial charge in [-0.2, -0.15) is 5.10 Å². The average Bonchev–Trinajstić information content (AvgIpc) is 3.28. The number of benzene rings is 1. The molecule has 1 aromatic carbocycles. The van der Waals surface area contributed by atoms with Crippen LogP contribution in [0.2, 0.25) is 0 Å². The molecule has 3 aromatic heterocycles. The molecule has 0 spiro atoms. The van der Waals surface area contributed by atoms with Gasteiger partial charge in [0.15, 0.2) is 10.8 Å². The number of amides is 1. The number of pyridine rings is 1. The fraction of sp³-hybridized carbons (Fsp3) is 0.200. The highest BCUT2D eigenvalue weighted by atomic mass is 32.1. The summed E-state index contributed by atoms with van der Waals surface area (Å²) >= 11 is 1.45. The summed E-state index contributed by atoms with van der Waals surface area (Å²) in [6, 6.07) is 11.3. The summed E-state index contributed by atoms with van der Waals surface area (Å²) in [5, 5.41) is 4.96. The number of carbonyl (C=O) groups is 1. The number of aryl methyl sites for hydroxylation is 2. The van der Waals surface area contributed by atoms with E-state index in [9.17, 15) is 4.79 Å². The monoisotopic (exact) mass is 393 g/mol. The summed E-state index contributed by atoms with van der Waals surface area (Å²) in [5.41, 5.74) is 3.04. The molecule has 3 heterocycles. The van der Waals surface area contributed by atoms with Gasteiger partial charge in [0, 0.05) is 25.1 Å². The molecule has 8 heteroatoms. The third-order valence-corrected chi connectivity index (χ3v) is 5.50. The van der Waals surface area contributed by atoms with Crippen LogP contribution in [0.4, 0.5) is 5.13 Å². The van der Waals surface area contributed by atoms with Gasteiger partial charge in [-0.15, -0.1) is 0 Å². The van der Waals surface area contributed by atoms with Gasteiger partial charge < -0.3 is 4.74 Å². The maximum absolute atomic E-state index is 13.3. The van der Waals surface area contributed by atoms with E-state index < -0.39 is 0 Å². The van der Waals surface area contributed by atoms with Crippen molar-refractivity contribution < 1.29 is 9.53 Å². The van der Waals surface area contributed by atoms with E-state index in [1.165, 1.54) is 11.3 Å². The van der Waals surface area contributed by atoms with E-state index in [1.54, 1.807) is 35.2 Å². The second-order valence-electron chi connectivity index (χ2n) is 6.38. The topological polar surface area (TPSA) is 73.1 Å². The zero-order valence-corrected chi connectivity index (χ0v) is 16.6. The van der Waals surface area contributed by atoms with E-state index in [0.717, 1.165) is 27.2 Å². The van der Waals surface area contributed by atoms with E-state index in [4.69, 9.17) is 4.74 Å². The normalized spacial score (nSPS) is 11.0. The highest BCUT2D eigenvalue weighted by molar-refractivity contribution is 7.22.